The lowest BCUT2D eigenvalue weighted by atomic mass is 9.97. The Morgan fingerprint density at radius 3 is 2.25 bits per heavy atom. The van der Waals surface area contributed by atoms with Crippen LogP contribution in [0.25, 0.3) is 0 Å². The first-order valence-electron chi connectivity index (χ1n) is 5.09. The van der Waals surface area contributed by atoms with Gasteiger partial charge in [0, 0.05) is 20.5 Å². The van der Waals surface area contributed by atoms with Gasteiger partial charge in [0.25, 0.3) is 0 Å². The highest BCUT2D eigenvalue weighted by atomic mass is 19.2. The number of hydrogen-bond acceptors (Lipinski definition) is 2. The predicted molar refractivity (Wildman–Crippen MR) is 60.7 cm³/mol. The van der Waals surface area contributed by atoms with Crippen LogP contribution < -0.4 is 4.90 Å². The summed E-state index contributed by atoms with van der Waals surface area (Å²) < 4.78 is 26.7. The van der Waals surface area contributed by atoms with Crippen molar-refractivity contribution in [3.63, 3.8) is 0 Å². The molecule has 0 spiro atoms. The molecule has 0 unspecified atom stereocenters. The van der Waals surface area contributed by atoms with Crippen molar-refractivity contribution in [2.45, 2.75) is 25.9 Å². The van der Waals surface area contributed by atoms with E-state index < -0.39 is 17.2 Å². The molecule has 90 valence electrons. The Hall–Kier alpha value is -1.16. The lowest BCUT2D eigenvalue weighted by Crippen LogP contribution is -2.24. The van der Waals surface area contributed by atoms with Gasteiger partial charge >= 0.3 is 0 Å². The lowest BCUT2D eigenvalue weighted by molar-refractivity contribution is 0.0810. The number of anilines is 1. The van der Waals surface area contributed by atoms with E-state index in [1.165, 1.54) is 11.0 Å². The maximum Gasteiger partial charge on any atom is 0.182 e. The van der Waals surface area contributed by atoms with Crippen LogP contribution in [0, 0.1) is 11.6 Å². The number of benzene rings is 1. The van der Waals surface area contributed by atoms with Crippen LogP contribution in [0.1, 0.15) is 19.4 Å². The smallest absolute Gasteiger partial charge is 0.182 e. The van der Waals surface area contributed by atoms with E-state index in [0.29, 0.717) is 5.56 Å². The van der Waals surface area contributed by atoms with E-state index in [-0.39, 0.29) is 12.1 Å². The van der Waals surface area contributed by atoms with Gasteiger partial charge in [0.05, 0.1) is 11.3 Å². The average molecular weight is 229 g/mol. The Morgan fingerprint density at radius 2 is 1.81 bits per heavy atom. The summed E-state index contributed by atoms with van der Waals surface area (Å²) in [6.45, 7) is 3.27. The van der Waals surface area contributed by atoms with Crippen LogP contribution in [0.3, 0.4) is 0 Å². The van der Waals surface area contributed by atoms with Gasteiger partial charge in [-0.1, -0.05) is 6.07 Å². The van der Waals surface area contributed by atoms with Crippen LogP contribution in [0.2, 0.25) is 0 Å². The van der Waals surface area contributed by atoms with E-state index in [0.717, 1.165) is 6.07 Å². The van der Waals surface area contributed by atoms with Crippen LogP contribution >= 0.6 is 0 Å². The first kappa shape index (κ1) is 12.9. The van der Waals surface area contributed by atoms with Gasteiger partial charge < -0.3 is 10.0 Å². The largest absolute Gasteiger partial charge is 0.390 e. The van der Waals surface area contributed by atoms with Gasteiger partial charge in [-0.25, -0.2) is 8.78 Å². The third-order valence-electron chi connectivity index (χ3n) is 2.22. The number of aliphatic hydroxyl groups is 1. The molecule has 0 bridgehead atoms. The number of hydrogen-bond donors (Lipinski definition) is 1. The van der Waals surface area contributed by atoms with Crippen molar-refractivity contribution < 1.29 is 13.9 Å². The topological polar surface area (TPSA) is 23.5 Å². The molecule has 4 heteroatoms. The standard InChI is InChI=1S/C12H17F2NO/c1-12(2,16)7-8-5-6-9(13)10(14)11(8)15(3)4/h5-6,16H,7H2,1-4H3. The van der Waals surface area contributed by atoms with Gasteiger partial charge in [-0.15, -0.1) is 0 Å². The molecule has 0 amide bonds. The van der Waals surface area contributed by atoms with Gasteiger partial charge in [0.15, 0.2) is 11.6 Å². The summed E-state index contributed by atoms with van der Waals surface area (Å²) in [7, 11) is 3.29. The number of rotatable bonds is 3. The zero-order valence-corrected chi connectivity index (χ0v) is 10.0. The van der Waals surface area contributed by atoms with Crippen molar-refractivity contribution in [3.8, 4) is 0 Å². The van der Waals surface area contributed by atoms with Gasteiger partial charge in [-0.05, 0) is 25.5 Å². The Balaban J connectivity index is 3.24. The molecule has 0 fully saturated rings. The molecule has 1 aromatic rings. The highest BCUT2D eigenvalue weighted by Crippen LogP contribution is 2.27. The minimum atomic E-state index is -0.949. The van der Waals surface area contributed by atoms with E-state index in [9.17, 15) is 13.9 Å². The summed E-state index contributed by atoms with van der Waals surface area (Å²) in [6, 6.07) is 2.59. The van der Waals surface area contributed by atoms with Gasteiger partial charge in [-0.3, -0.25) is 0 Å². The fourth-order valence-corrected chi connectivity index (χ4v) is 1.67. The minimum Gasteiger partial charge on any atom is -0.390 e. The van der Waals surface area contributed by atoms with E-state index in [2.05, 4.69) is 0 Å². The average Bonchev–Trinajstić information content (AvgIpc) is 2.08. The van der Waals surface area contributed by atoms with Crippen molar-refractivity contribution in [3.05, 3.63) is 29.3 Å². The Morgan fingerprint density at radius 1 is 1.25 bits per heavy atom. The highest BCUT2D eigenvalue weighted by molar-refractivity contribution is 5.54. The molecule has 0 heterocycles. The molecule has 0 atom stereocenters. The lowest BCUT2D eigenvalue weighted by Gasteiger charge is -2.23. The van der Waals surface area contributed by atoms with Gasteiger partial charge in [0.2, 0.25) is 0 Å². The molecule has 0 saturated heterocycles. The molecule has 0 radical (unpaired) electrons. The molecule has 16 heavy (non-hydrogen) atoms. The van der Waals surface area contributed by atoms with Crippen molar-refractivity contribution >= 4 is 5.69 Å². The van der Waals surface area contributed by atoms with Gasteiger partial charge in [0.1, 0.15) is 0 Å². The summed E-state index contributed by atoms with van der Waals surface area (Å²) in [5.74, 6) is -1.74. The monoisotopic (exact) mass is 229 g/mol. The fraction of sp³-hybridized carbons (Fsp3) is 0.500. The van der Waals surface area contributed by atoms with E-state index in [1.54, 1.807) is 27.9 Å². The summed E-state index contributed by atoms with van der Waals surface area (Å²) in [6.07, 6.45) is 0.276. The quantitative estimate of drug-likeness (QED) is 0.860. The molecular weight excluding hydrogens is 212 g/mol. The first-order chi connectivity index (χ1) is 7.22. The van der Waals surface area contributed by atoms with Crippen LogP contribution in [0.5, 0.6) is 0 Å². The van der Waals surface area contributed by atoms with Crippen LogP contribution in [0.4, 0.5) is 14.5 Å². The number of halogens is 2. The summed E-state index contributed by atoms with van der Waals surface area (Å²) in [5, 5.41) is 9.70. The molecule has 0 aliphatic heterocycles. The molecule has 2 nitrogen and oxygen atoms in total. The zero-order valence-electron chi connectivity index (χ0n) is 10.0. The maximum absolute atomic E-state index is 13.6. The van der Waals surface area contributed by atoms with Crippen molar-refractivity contribution in [1.29, 1.82) is 0 Å². The minimum absolute atomic E-state index is 0.196. The highest BCUT2D eigenvalue weighted by Gasteiger charge is 2.20. The second-order valence-corrected chi connectivity index (χ2v) is 4.75. The summed E-state index contributed by atoms with van der Waals surface area (Å²) in [5.41, 5.74) is -0.159. The molecule has 0 aliphatic carbocycles. The number of nitrogens with zero attached hydrogens (tertiary/aromatic N) is 1. The normalized spacial score (nSPS) is 11.7. The maximum atomic E-state index is 13.6. The molecule has 1 aromatic carbocycles. The van der Waals surface area contributed by atoms with Crippen molar-refractivity contribution in [2.24, 2.45) is 0 Å². The van der Waals surface area contributed by atoms with Crippen LogP contribution in [0.15, 0.2) is 12.1 Å². The van der Waals surface area contributed by atoms with E-state index >= 15 is 0 Å². The third kappa shape index (κ3) is 2.92. The first-order valence-corrected chi connectivity index (χ1v) is 5.09. The Bertz CT molecular complexity index is 383. The third-order valence-corrected chi connectivity index (χ3v) is 2.22. The van der Waals surface area contributed by atoms with E-state index in [4.69, 9.17) is 0 Å². The predicted octanol–water partition coefficient (Wildman–Crippen LogP) is 2.34. The summed E-state index contributed by atoms with van der Waals surface area (Å²) >= 11 is 0. The SMILES string of the molecule is CN(C)c1c(CC(C)(C)O)ccc(F)c1F. The van der Waals surface area contributed by atoms with Crippen LogP contribution in [-0.2, 0) is 6.42 Å². The second kappa shape index (κ2) is 4.37. The van der Waals surface area contributed by atoms with E-state index in [1.807, 2.05) is 0 Å². The fourth-order valence-electron chi connectivity index (χ4n) is 1.67. The van der Waals surface area contributed by atoms with Crippen LogP contribution in [-0.4, -0.2) is 24.8 Å². The Kier molecular flexibility index (Phi) is 3.53. The second-order valence-electron chi connectivity index (χ2n) is 4.75. The van der Waals surface area contributed by atoms with Gasteiger partial charge in [-0.2, -0.15) is 0 Å². The van der Waals surface area contributed by atoms with Crippen molar-refractivity contribution in [2.75, 3.05) is 19.0 Å². The molecule has 1 N–H and O–H groups in total. The zero-order chi connectivity index (χ0) is 12.5. The molecule has 0 saturated carbocycles. The molecule has 0 aromatic heterocycles. The summed E-state index contributed by atoms with van der Waals surface area (Å²) in [4.78, 5) is 1.51. The molecular formula is C12H17F2NO. The van der Waals surface area contributed by atoms with Crippen molar-refractivity contribution in [1.82, 2.24) is 0 Å². The molecule has 1 rings (SSSR count). The Labute approximate surface area is 94.5 Å². The molecule has 0 aliphatic rings.